The van der Waals surface area contributed by atoms with E-state index < -0.39 is 0 Å². The normalized spacial score (nSPS) is 41.6. The number of carbonyl (C=O) groups excluding carboxylic acids is 2. The Bertz CT molecular complexity index is 803. The van der Waals surface area contributed by atoms with Gasteiger partial charge in [-0.1, -0.05) is 39.0 Å². The van der Waals surface area contributed by atoms with Gasteiger partial charge in [-0.15, -0.1) is 0 Å². The van der Waals surface area contributed by atoms with Crippen LogP contribution < -0.4 is 5.32 Å². The summed E-state index contributed by atoms with van der Waals surface area (Å²) in [5.74, 6) is 2.86. The molecular formula is C30H50N3O4+. The van der Waals surface area contributed by atoms with Crippen LogP contribution in [0.2, 0.25) is 0 Å². The number of piperazine rings is 1. The Balaban J connectivity index is 1.01. The van der Waals surface area contributed by atoms with Crippen molar-refractivity contribution in [3.63, 3.8) is 0 Å². The Hall–Kier alpha value is -1.18. The highest BCUT2D eigenvalue weighted by Crippen LogP contribution is 2.51. The standard InChI is InChI=1S/C30H49N3O4/c1-20-22(10-11-29(34)33-15-13-32(14-16-33)28-9-5-6-12-31-28)30(35)37-27-18-26-24(17-23(20)27)25(19-36-26)21-7-3-2-4-8-21/h20-28,31H,2-19H2,1H3/p+1. The average Bonchev–Trinajstić information content (AvgIpc) is 3.36. The van der Waals surface area contributed by atoms with Crippen LogP contribution in [0.15, 0.2) is 0 Å². The van der Waals surface area contributed by atoms with Gasteiger partial charge in [0.25, 0.3) is 0 Å². The number of nitrogens with two attached hydrogens (primary N) is 1. The van der Waals surface area contributed by atoms with E-state index in [9.17, 15) is 9.59 Å². The van der Waals surface area contributed by atoms with Gasteiger partial charge in [-0.05, 0) is 55.3 Å². The number of piperidine rings is 1. The molecule has 2 saturated carbocycles. The summed E-state index contributed by atoms with van der Waals surface area (Å²) in [6, 6.07) is 0. The van der Waals surface area contributed by atoms with Crippen molar-refractivity contribution >= 4 is 11.9 Å². The quantitative estimate of drug-likeness (QED) is 0.569. The molecule has 0 radical (unpaired) electrons. The first-order chi connectivity index (χ1) is 18.1. The van der Waals surface area contributed by atoms with Gasteiger partial charge >= 0.3 is 5.97 Å². The lowest BCUT2D eigenvalue weighted by molar-refractivity contribution is -0.717. The summed E-state index contributed by atoms with van der Waals surface area (Å²) in [4.78, 5) is 30.8. The molecule has 6 fully saturated rings. The van der Waals surface area contributed by atoms with Crippen LogP contribution in [-0.2, 0) is 19.1 Å². The smallest absolute Gasteiger partial charge is 0.309 e. The van der Waals surface area contributed by atoms with Gasteiger partial charge in [0, 0.05) is 45.4 Å². The molecule has 0 aromatic carbocycles. The van der Waals surface area contributed by atoms with E-state index in [0.717, 1.165) is 51.5 Å². The zero-order valence-corrected chi connectivity index (χ0v) is 23.0. The Morgan fingerprint density at radius 3 is 2.46 bits per heavy atom. The van der Waals surface area contributed by atoms with Gasteiger partial charge in [-0.25, -0.2) is 0 Å². The second kappa shape index (κ2) is 11.5. The molecular weight excluding hydrogens is 466 g/mol. The maximum atomic E-state index is 13.1. The van der Waals surface area contributed by atoms with Gasteiger partial charge < -0.3 is 19.7 Å². The van der Waals surface area contributed by atoms with Crippen LogP contribution >= 0.6 is 0 Å². The summed E-state index contributed by atoms with van der Waals surface area (Å²) < 4.78 is 12.4. The molecule has 7 heteroatoms. The Morgan fingerprint density at radius 1 is 0.919 bits per heavy atom. The van der Waals surface area contributed by atoms with Crippen molar-refractivity contribution < 1.29 is 24.4 Å². The van der Waals surface area contributed by atoms with Crippen molar-refractivity contribution in [3.8, 4) is 0 Å². The van der Waals surface area contributed by atoms with Crippen LogP contribution in [-0.4, -0.2) is 79.4 Å². The SMILES string of the molecule is CC1C(CCC(=O)N2CCN(C3CCCC[NH2+]3)CC2)C(=O)OC2CC3OCC(C4CCCCC4)C3CC21. The first-order valence-electron chi connectivity index (χ1n) is 15.8. The number of carbonyl (C=O) groups is 2. The minimum Gasteiger partial charge on any atom is -0.462 e. The van der Waals surface area contributed by atoms with Crippen molar-refractivity contribution in [1.29, 1.82) is 0 Å². The molecule has 7 nitrogen and oxygen atoms in total. The molecule has 1 amide bonds. The summed E-state index contributed by atoms with van der Waals surface area (Å²) >= 11 is 0. The first kappa shape index (κ1) is 26.1. The summed E-state index contributed by atoms with van der Waals surface area (Å²) in [6.45, 7) is 8.01. The molecule has 2 N–H and O–H groups in total. The highest BCUT2D eigenvalue weighted by atomic mass is 16.6. The minimum atomic E-state index is -0.143. The molecule has 2 aliphatic carbocycles. The number of fused-ring (bicyclic) bond motifs is 2. The molecule has 8 atom stereocenters. The third-order valence-corrected chi connectivity index (χ3v) is 11.4. The van der Waals surface area contributed by atoms with Crippen molar-refractivity contribution in [2.24, 2.45) is 35.5 Å². The molecule has 0 spiro atoms. The second-order valence-corrected chi connectivity index (χ2v) is 13.2. The van der Waals surface area contributed by atoms with E-state index >= 15 is 0 Å². The number of nitrogens with zero attached hydrogens (tertiary/aromatic N) is 2. The molecule has 0 bridgehead atoms. The van der Waals surface area contributed by atoms with Crippen molar-refractivity contribution in [3.05, 3.63) is 0 Å². The monoisotopic (exact) mass is 516 g/mol. The van der Waals surface area contributed by atoms with Crippen LogP contribution in [0.4, 0.5) is 0 Å². The summed E-state index contributed by atoms with van der Waals surface area (Å²) in [5, 5.41) is 2.48. The summed E-state index contributed by atoms with van der Waals surface area (Å²) in [5.41, 5.74) is 0. The molecule has 37 heavy (non-hydrogen) atoms. The van der Waals surface area contributed by atoms with Crippen LogP contribution in [0.5, 0.6) is 0 Å². The van der Waals surface area contributed by atoms with Gasteiger partial charge in [0.1, 0.15) is 12.3 Å². The lowest BCUT2D eigenvalue weighted by atomic mass is 9.62. The van der Waals surface area contributed by atoms with Crippen LogP contribution in [0.3, 0.4) is 0 Å². The molecule has 208 valence electrons. The molecule has 4 aliphatic heterocycles. The largest absolute Gasteiger partial charge is 0.462 e. The van der Waals surface area contributed by atoms with Crippen molar-refractivity contribution in [1.82, 2.24) is 9.80 Å². The van der Waals surface area contributed by atoms with Crippen molar-refractivity contribution in [2.45, 2.75) is 102 Å². The molecule has 4 saturated heterocycles. The zero-order chi connectivity index (χ0) is 25.4. The number of ether oxygens (including phenoxy) is 2. The Kier molecular flexibility index (Phi) is 8.11. The Labute approximate surface area is 223 Å². The second-order valence-electron chi connectivity index (χ2n) is 13.2. The number of esters is 1. The van der Waals surface area contributed by atoms with E-state index in [4.69, 9.17) is 9.47 Å². The number of hydrogen-bond donors (Lipinski definition) is 1. The topological polar surface area (TPSA) is 75.7 Å². The number of quaternary nitrogens is 1. The van der Waals surface area contributed by atoms with Gasteiger partial charge in [0.15, 0.2) is 0 Å². The van der Waals surface area contributed by atoms with Gasteiger partial charge in [-0.3, -0.25) is 14.5 Å². The van der Waals surface area contributed by atoms with E-state index in [2.05, 4.69) is 17.1 Å². The maximum Gasteiger partial charge on any atom is 0.309 e. The van der Waals surface area contributed by atoms with Crippen LogP contribution in [0.25, 0.3) is 0 Å². The number of amides is 1. The fourth-order valence-corrected chi connectivity index (χ4v) is 9.06. The predicted molar refractivity (Wildman–Crippen MR) is 140 cm³/mol. The molecule has 6 rings (SSSR count). The number of hydrogen-bond acceptors (Lipinski definition) is 5. The number of rotatable bonds is 5. The minimum absolute atomic E-state index is 0.00507. The predicted octanol–water partition coefficient (Wildman–Crippen LogP) is 2.78. The van der Waals surface area contributed by atoms with Crippen LogP contribution in [0, 0.1) is 35.5 Å². The van der Waals surface area contributed by atoms with E-state index in [-0.39, 0.29) is 35.9 Å². The fourth-order valence-electron chi connectivity index (χ4n) is 9.06. The van der Waals surface area contributed by atoms with E-state index in [0.29, 0.717) is 36.8 Å². The van der Waals surface area contributed by atoms with Crippen molar-refractivity contribution in [2.75, 3.05) is 39.3 Å². The summed E-state index contributed by atoms with van der Waals surface area (Å²) in [7, 11) is 0. The maximum absolute atomic E-state index is 13.1. The zero-order valence-electron chi connectivity index (χ0n) is 23.0. The molecule has 0 aromatic heterocycles. The van der Waals surface area contributed by atoms with E-state index in [1.807, 2.05) is 4.90 Å². The third-order valence-electron chi connectivity index (χ3n) is 11.4. The van der Waals surface area contributed by atoms with E-state index in [1.54, 1.807) is 0 Å². The lowest BCUT2D eigenvalue weighted by Crippen LogP contribution is -2.95. The third kappa shape index (κ3) is 5.47. The van der Waals surface area contributed by atoms with Gasteiger partial charge in [0.05, 0.1) is 25.2 Å². The van der Waals surface area contributed by atoms with E-state index in [1.165, 1.54) is 57.9 Å². The highest BCUT2D eigenvalue weighted by Gasteiger charge is 2.53. The fraction of sp³-hybridized carbons (Fsp3) is 0.933. The van der Waals surface area contributed by atoms with Gasteiger partial charge in [0.2, 0.25) is 5.91 Å². The molecule has 6 aliphatic rings. The average molecular weight is 517 g/mol. The highest BCUT2D eigenvalue weighted by molar-refractivity contribution is 5.78. The molecule has 4 heterocycles. The lowest BCUT2D eigenvalue weighted by Gasteiger charge is -2.47. The Morgan fingerprint density at radius 2 is 1.70 bits per heavy atom. The molecule has 0 aromatic rings. The van der Waals surface area contributed by atoms with Crippen LogP contribution in [0.1, 0.15) is 84.0 Å². The summed E-state index contributed by atoms with van der Waals surface area (Å²) in [6.07, 6.45) is 14.8. The first-order valence-corrected chi connectivity index (χ1v) is 15.8. The van der Waals surface area contributed by atoms with Gasteiger partial charge in [-0.2, -0.15) is 0 Å². The molecule has 8 unspecified atom stereocenters.